The number of anilines is 1. The molecule has 1 saturated heterocycles. The molecule has 100 valence electrons. The first-order valence-corrected chi connectivity index (χ1v) is 6.21. The van der Waals surface area contributed by atoms with Gasteiger partial charge in [-0.1, -0.05) is 0 Å². The molecule has 1 aliphatic rings. The quantitative estimate of drug-likeness (QED) is 0.767. The van der Waals surface area contributed by atoms with Gasteiger partial charge < -0.3 is 9.64 Å². The van der Waals surface area contributed by atoms with Crippen molar-refractivity contribution in [2.24, 2.45) is 0 Å². The van der Waals surface area contributed by atoms with Crippen LogP contribution in [-0.2, 0) is 9.53 Å². The lowest BCUT2D eigenvalue weighted by Crippen LogP contribution is -2.45. The molecular formula is C14H15FN2O2. The Morgan fingerprint density at radius 2 is 2.32 bits per heavy atom. The van der Waals surface area contributed by atoms with Gasteiger partial charge >= 0.3 is 5.97 Å². The van der Waals surface area contributed by atoms with Crippen LogP contribution in [0, 0.1) is 17.1 Å². The Morgan fingerprint density at radius 3 is 3.00 bits per heavy atom. The first kappa shape index (κ1) is 13.3. The van der Waals surface area contributed by atoms with Crippen LogP contribution < -0.4 is 4.90 Å². The van der Waals surface area contributed by atoms with Crippen LogP contribution in [0.3, 0.4) is 0 Å². The minimum atomic E-state index is -0.452. The third-order valence-electron chi connectivity index (χ3n) is 3.36. The molecular weight excluding hydrogens is 247 g/mol. The van der Waals surface area contributed by atoms with Crippen molar-refractivity contribution in [3.8, 4) is 6.07 Å². The predicted molar refractivity (Wildman–Crippen MR) is 68.1 cm³/mol. The van der Waals surface area contributed by atoms with E-state index < -0.39 is 11.9 Å². The molecule has 1 aromatic rings. The molecule has 1 unspecified atom stereocenters. The zero-order valence-corrected chi connectivity index (χ0v) is 10.7. The number of rotatable bonds is 2. The van der Waals surface area contributed by atoms with Gasteiger partial charge in [-0.15, -0.1) is 0 Å². The lowest BCUT2D eigenvalue weighted by molar-refractivity contribution is -0.142. The number of methoxy groups -OCH3 is 1. The molecule has 0 aliphatic carbocycles. The van der Waals surface area contributed by atoms with E-state index >= 15 is 0 Å². The minimum Gasteiger partial charge on any atom is -0.467 e. The third kappa shape index (κ3) is 2.68. The lowest BCUT2D eigenvalue weighted by Gasteiger charge is -2.36. The molecule has 0 bridgehead atoms. The van der Waals surface area contributed by atoms with E-state index in [2.05, 4.69) is 0 Å². The fourth-order valence-corrected chi connectivity index (χ4v) is 2.45. The van der Waals surface area contributed by atoms with Crippen molar-refractivity contribution < 1.29 is 13.9 Å². The summed E-state index contributed by atoms with van der Waals surface area (Å²) in [5, 5.41) is 9.10. The number of nitriles is 1. The number of halogens is 1. The standard InChI is InChI=1S/C14H15FN2O2/c1-19-14(18)13-4-2-3-7-17(13)12-6-5-11(15)8-10(12)9-16/h5-6,8,13H,2-4,7H2,1H3. The Labute approximate surface area is 111 Å². The molecule has 0 amide bonds. The van der Waals surface area contributed by atoms with E-state index in [9.17, 15) is 9.18 Å². The molecule has 1 heterocycles. The molecule has 0 radical (unpaired) electrons. The Kier molecular flexibility index (Phi) is 4.00. The average Bonchev–Trinajstić information content (AvgIpc) is 2.46. The van der Waals surface area contributed by atoms with Gasteiger partial charge in [-0.3, -0.25) is 0 Å². The monoisotopic (exact) mass is 262 g/mol. The lowest BCUT2D eigenvalue weighted by atomic mass is 10.00. The highest BCUT2D eigenvalue weighted by Gasteiger charge is 2.30. The van der Waals surface area contributed by atoms with Gasteiger partial charge in [0.15, 0.2) is 0 Å². The van der Waals surface area contributed by atoms with E-state index in [1.54, 1.807) is 6.07 Å². The maximum atomic E-state index is 13.2. The maximum Gasteiger partial charge on any atom is 0.328 e. The molecule has 1 aliphatic heterocycles. The largest absolute Gasteiger partial charge is 0.467 e. The molecule has 1 aromatic carbocycles. The summed E-state index contributed by atoms with van der Waals surface area (Å²) < 4.78 is 18.0. The number of hydrogen-bond donors (Lipinski definition) is 0. The number of benzene rings is 1. The molecule has 1 fully saturated rings. The summed E-state index contributed by atoms with van der Waals surface area (Å²) in [5.74, 6) is -0.764. The molecule has 0 saturated carbocycles. The van der Waals surface area contributed by atoms with Crippen molar-refractivity contribution in [2.75, 3.05) is 18.6 Å². The van der Waals surface area contributed by atoms with Gasteiger partial charge in [-0.2, -0.15) is 5.26 Å². The van der Waals surface area contributed by atoms with Crippen LogP contribution in [0.15, 0.2) is 18.2 Å². The summed E-state index contributed by atoms with van der Waals surface area (Å²) in [5.41, 5.74) is 0.842. The average molecular weight is 262 g/mol. The first-order valence-electron chi connectivity index (χ1n) is 6.21. The highest BCUT2D eigenvalue weighted by atomic mass is 19.1. The molecule has 0 spiro atoms. The zero-order valence-electron chi connectivity index (χ0n) is 10.7. The van der Waals surface area contributed by atoms with Crippen LogP contribution >= 0.6 is 0 Å². The number of piperidine rings is 1. The van der Waals surface area contributed by atoms with Gasteiger partial charge in [0.25, 0.3) is 0 Å². The number of esters is 1. The van der Waals surface area contributed by atoms with Crippen LogP contribution in [-0.4, -0.2) is 25.7 Å². The van der Waals surface area contributed by atoms with Crippen molar-refractivity contribution in [2.45, 2.75) is 25.3 Å². The van der Waals surface area contributed by atoms with Gasteiger partial charge in [0.2, 0.25) is 0 Å². The first-order chi connectivity index (χ1) is 9.17. The van der Waals surface area contributed by atoms with Gasteiger partial charge in [0.05, 0.1) is 18.4 Å². The summed E-state index contributed by atoms with van der Waals surface area (Å²) in [6.45, 7) is 0.667. The second-order valence-corrected chi connectivity index (χ2v) is 4.50. The molecule has 1 atom stereocenters. The van der Waals surface area contributed by atoms with Crippen molar-refractivity contribution >= 4 is 11.7 Å². The van der Waals surface area contributed by atoms with Gasteiger partial charge in [-0.25, -0.2) is 9.18 Å². The Balaban J connectivity index is 2.38. The summed E-state index contributed by atoms with van der Waals surface area (Å²) in [7, 11) is 1.35. The van der Waals surface area contributed by atoms with E-state index in [1.165, 1.54) is 19.2 Å². The van der Waals surface area contributed by atoms with Crippen molar-refractivity contribution in [3.63, 3.8) is 0 Å². The summed E-state index contributed by atoms with van der Waals surface area (Å²) >= 11 is 0. The summed E-state index contributed by atoms with van der Waals surface area (Å²) in [4.78, 5) is 13.6. The number of carbonyl (C=O) groups is 1. The van der Waals surface area contributed by atoms with Gasteiger partial charge in [0, 0.05) is 6.54 Å². The molecule has 0 aromatic heterocycles. The van der Waals surface area contributed by atoms with Crippen LogP contribution in [0.4, 0.5) is 10.1 Å². The molecule has 4 nitrogen and oxygen atoms in total. The normalized spacial score (nSPS) is 18.8. The molecule has 5 heteroatoms. The predicted octanol–water partition coefficient (Wildman–Crippen LogP) is 2.23. The second-order valence-electron chi connectivity index (χ2n) is 4.50. The number of nitrogens with zero attached hydrogens (tertiary/aromatic N) is 2. The fraction of sp³-hybridized carbons (Fsp3) is 0.429. The fourth-order valence-electron chi connectivity index (χ4n) is 2.45. The van der Waals surface area contributed by atoms with Crippen LogP contribution in [0.1, 0.15) is 24.8 Å². The third-order valence-corrected chi connectivity index (χ3v) is 3.36. The van der Waals surface area contributed by atoms with Crippen LogP contribution in [0.25, 0.3) is 0 Å². The van der Waals surface area contributed by atoms with E-state index in [-0.39, 0.29) is 11.5 Å². The van der Waals surface area contributed by atoms with Crippen LogP contribution in [0.5, 0.6) is 0 Å². The minimum absolute atomic E-state index is 0.246. The van der Waals surface area contributed by atoms with Crippen LogP contribution in [0.2, 0.25) is 0 Å². The smallest absolute Gasteiger partial charge is 0.328 e. The van der Waals surface area contributed by atoms with Crippen molar-refractivity contribution in [1.29, 1.82) is 5.26 Å². The molecule has 2 rings (SSSR count). The number of carbonyl (C=O) groups excluding carboxylic acids is 1. The van der Waals surface area contributed by atoms with E-state index in [1.807, 2.05) is 11.0 Å². The summed E-state index contributed by atoms with van der Waals surface area (Å²) in [6, 6.07) is 5.63. The van der Waals surface area contributed by atoms with Crippen molar-refractivity contribution in [3.05, 3.63) is 29.6 Å². The topological polar surface area (TPSA) is 53.3 Å². The zero-order chi connectivity index (χ0) is 13.8. The molecule has 19 heavy (non-hydrogen) atoms. The SMILES string of the molecule is COC(=O)C1CCCCN1c1ccc(F)cc1C#N. The van der Waals surface area contributed by atoms with E-state index in [0.29, 0.717) is 18.7 Å². The number of hydrogen-bond acceptors (Lipinski definition) is 4. The van der Waals surface area contributed by atoms with E-state index in [0.717, 1.165) is 12.8 Å². The second kappa shape index (κ2) is 5.70. The number of ether oxygens (including phenoxy) is 1. The van der Waals surface area contributed by atoms with Gasteiger partial charge in [0.1, 0.15) is 17.9 Å². The Morgan fingerprint density at radius 1 is 1.53 bits per heavy atom. The van der Waals surface area contributed by atoms with E-state index in [4.69, 9.17) is 10.00 Å². The van der Waals surface area contributed by atoms with Crippen molar-refractivity contribution in [1.82, 2.24) is 0 Å². The Bertz CT molecular complexity index is 525. The van der Waals surface area contributed by atoms with Gasteiger partial charge in [-0.05, 0) is 37.5 Å². The highest BCUT2D eigenvalue weighted by molar-refractivity contribution is 5.81. The Hall–Kier alpha value is -2.09. The molecule has 0 N–H and O–H groups in total. The maximum absolute atomic E-state index is 13.2. The highest BCUT2D eigenvalue weighted by Crippen LogP contribution is 2.28. The summed E-state index contributed by atoms with van der Waals surface area (Å²) in [6.07, 6.45) is 2.57.